The van der Waals surface area contributed by atoms with Crippen LogP contribution in [-0.4, -0.2) is 25.8 Å². The SMILES string of the molecule is Cc1nc(-c2cc(-c3ccc(C(=O)Nc4ccccc4F)s3)n(C)n2)no1. The Bertz CT molecular complexity index is 1130. The summed E-state index contributed by atoms with van der Waals surface area (Å²) in [5, 5.41) is 10.8. The second kappa shape index (κ2) is 6.76. The maximum absolute atomic E-state index is 13.7. The minimum absolute atomic E-state index is 0.146. The van der Waals surface area contributed by atoms with E-state index in [1.54, 1.807) is 36.9 Å². The summed E-state index contributed by atoms with van der Waals surface area (Å²) >= 11 is 1.29. The number of nitrogens with one attached hydrogen (secondary N) is 1. The fourth-order valence-corrected chi connectivity index (χ4v) is 3.50. The van der Waals surface area contributed by atoms with E-state index in [0.29, 0.717) is 22.3 Å². The predicted molar refractivity (Wildman–Crippen MR) is 98.9 cm³/mol. The quantitative estimate of drug-likeness (QED) is 0.578. The number of nitrogens with zero attached hydrogens (tertiary/aromatic N) is 4. The van der Waals surface area contributed by atoms with Crippen molar-refractivity contribution in [2.45, 2.75) is 6.92 Å². The first kappa shape index (κ1) is 17.1. The number of aryl methyl sites for hydroxylation is 2. The molecule has 0 aliphatic carbocycles. The largest absolute Gasteiger partial charge is 0.339 e. The summed E-state index contributed by atoms with van der Waals surface area (Å²) in [4.78, 5) is 17.9. The lowest BCUT2D eigenvalue weighted by Gasteiger charge is -2.04. The molecule has 0 aliphatic rings. The fourth-order valence-electron chi connectivity index (χ4n) is 2.55. The van der Waals surface area contributed by atoms with Gasteiger partial charge >= 0.3 is 0 Å². The lowest BCUT2D eigenvalue weighted by atomic mass is 10.3. The van der Waals surface area contributed by atoms with Crippen LogP contribution in [0.4, 0.5) is 10.1 Å². The van der Waals surface area contributed by atoms with E-state index in [1.165, 1.54) is 23.5 Å². The number of carbonyl (C=O) groups excluding carboxylic acids is 1. The Balaban J connectivity index is 1.58. The van der Waals surface area contributed by atoms with Crippen molar-refractivity contribution in [3.05, 3.63) is 59.0 Å². The van der Waals surface area contributed by atoms with Gasteiger partial charge in [0.05, 0.1) is 21.1 Å². The zero-order chi connectivity index (χ0) is 19.0. The number of thiophene rings is 1. The zero-order valence-corrected chi connectivity index (χ0v) is 15.2. The average molecular weight is 383 g/mol. The van der Waals surface area contributed by atoms with Crippen LogP contribution in [0.2, 0.25) is 0 Å². The Kier molecular flexibility index (Phi) is 4.28. The van der Waals surface area contributed by atoms with Crippen molar-refractivity contribution in [3.63, 3.8) is 0 Å². The number of hydrogen-bond donors (Lipinski definition) is 1. The molecule has 9 heteroatoms. The van der Waals surface area contributed by atoms with Crippen molar-refractivity contribution < 1.29 is 13.7 Å². The summed E-state index contributed by atoms with van der Waals surface area (Å²) in [6.45, 7) is 1.71. The monoisotopic (exact) mass is 383 g/mol. The highest BCUT2D eigenvalue weighted by molar-refractivity contribution is 7.17. The molecule has 1 aromatic carbocycles. The van der Waals surface area contributed by atoms with Crippen LogP contribution in [0.3, 0.4) is 0 Å². The van der Waals surface area contributed by atoms with E-state index in [4.69, 9.17) is 4.52 Å². The number of hydrogen-bond acceptors (Lipinski definition) is 6. The van der Waals surface area contributed by atoms with Gasteiger partial charge in [0.2, 0.25) is 11.7 Å². The summed E-state index contributed by atoms with van der Waals surface area (Å²) < 4.78 is 20.4. The Morgan fingerprint density at radius 2 is 2.07 bits per heavy atom. The summed E-state index contributed by atoms with van der Waals surface area (Å²) in [5.74, 6) is 0.0192. The molecule has 3 aromatic heterocycles. The normalized spacial score (nSPS) is 10.9. The van der Waals surface area contributed by atoms with Crippen molar-refractivity contribution in [2.24, 2.45) is 7.05 Å². The summed E-state index contributed by atoms with van der Waals surface area (Å²) in [6.07, 6.45) is 0. The minimum Gasteiger partial charge on any atom is -0.339 e. The molecular weight excluding hydrogens is 369 g/mol. The van der Waals surface area contributed by atoms with Crippen LogP contribution in [0.15, 0.2) is 47.0 Å². The van der Waals surface area contributed by atoms with Gasteiger partial charge in [0.25, 0.3) is 5.91 Å². The summed E-state index contributed by atoms with van der Waals surface area (Å²) in [5.41, 5.74) is 1.53. The highest BCUT2D eigenvalue weighted by atomic mass is 32.1. The van der Waals surface area contributed by atoms with Crippen LogP contribution < -0.4 is 5.32 Å². The van der Waals surface area contributed by atoms with E-state index in [0.717, 1.165) is 10.6 Å². The number of benzene rings is 1. The lowest BCUT2D eigenvalue weighted by Crippen LogP contribution is -2.11. The molecule has 0 atom stereocenters. The number of para-hydroxylation sites is 1. The van der Waals surface area contributed by atoms with Crippen molar-refractivity contribution in [1.82, 2.24) is 19.9 Å². The van der Waals surface area contributed by atoms with Gasteiger partial charge in [-0.25, -0.2) is 4.39 Å². The Morgan fingerprint density at radius 3 is 2.81 bits per heavy atom. The summed E-state index contributed by atoms with van der Waals surface area (Å²) in [7, 11) is 1.80. The number of halogens is 1. The van der Waals surface area contributed by atoms with Crippen molar-refractivity contribution in [2.75, 3.05) is 5.32 Å². The predicted octanol–water partition coefficient (Wildman–Crippen LogP) is 3.90. The van der Waals surface area contributed by atoms with E-state index >= 15 is 0 Å². The molecule has 0 saturated heterocycles. The molecule has 4 rings (SSSR count). The van der Waals surface area contributed by atoms with Crippen LogP contribution >= 0.6 is 11.3 Å². The van der Waals surface area contributed by atoms with E-state index in [9.17, 15) is 9.18 Å². The maximum atomic E-state index is 13.7. The molecule has 1 amide bonds. The highest BCUT2D eigenvalue weighted by Crippen LogP contribution is 2.31. The van der Waals surface area contributed by atoms with Crippen molar-refractivity contribution >= 4 is 22.9 Å². The average Bonchev–Trinajstić information content (AvgIpc) is 3.36. The van der Waals surface area contributed by atoms with Crippen LogP contribution in [0.25, 0.3) is 22.1 Å². The standard InChI is InChI=1S/C18H14FN5O2S/c1-10-20-17(23-26-10)13-9-14(24(2)22-13)15-7-8-16(27-15)18(25)21-12-6-4-3-5-11(12)19/h3-9H,1-2H3,(H,21,25). The van der Waals surface area contributed by atoms with Gasteiger partial charge in [-0.05, 0) is 30.3 Å². The maximum Gasteiger partial charge on any atom is 0.265 e. The minimum atomic E-state index is -0.477. The van der Waals surface area contributed by atoms with Gasteiger partial charge in [0.15, 0.2) is 0 Å². The third kappa shape index (κ3) is 3.36. The number of carbonyl (C=O) groups is 1. The molecule has 0 fully saturated rings. The van der Waals surface area contributed by atoms with E-state index < -0.39 is 5.82 Å². The van der Waals surface area contributed by atoms with Crippen LogP contribution in [-0.2, 0) is 7.05 Å². The first-order valence-electron chi connectivity index (χ1n) is 8.02. The third-order valence-corrected chi connectivity index (χ3v) is 4.95. The highest BCUT2D eigenvalue weighted by Gasteiger charge is 2.17. The molecule has 0 aliphatic heterocycles. The third-order valence-electron chi connectivity index (χ3n) is 3.84. The number of aromatic nitrogens is 4. The van der Waals surface area contributed by atoms with Crippen molar-refractivity contribution in [1.29, 1.82) is 0 Å². The second-order valence-electron chi connectivity index (χ2n) is 5.77. The Hall–Kier alpha value is -3.33. The zero-order valence-electron chi connectivity index (χ0n) is 14.4. The lowest BCUT2D eigenvalue weighted by molar-refractivity contribution is 0.103. The number of rotatable bonds is 4. The number of anilines is 1. The Labute approximate surface area is 157 Å². The molecule has 0 saturated carbocycles. The molecular formula is C18H14FN5O2S. The summed E-state index contributed by atoms with van der Waals surface area (Å²) in [6, 6.07) is 11.4. The van der Waals surface area contributed by atoms with Gasteiger partial charge in [0.1, 0.15) is 11.5 Å². The number of amides is 1. The van der Waals surface area contributed by atoms with Crippen LogP contribution in [0.5, 0.6) is 0 Å². The molecule has 3 heterocycles. The van der Waals surface area contributed by atoms with Crippen LogP contribution in [0.1, 0.15) is 15.6 Å². The van der Waals surface area contributed by atoms with E-state index in [-0.39, 0.29) is 11.6 Å². The molecule has 27 heavy (non-hydrogen) atoms. The molecule has 7 nitrogen and oxygen atoms in total. The Morgan fingerprint density at radius 1 is 1.26 bits per heavy atom. The topological polar surface area (TPSA) is 85.8 Å². The van der Waals surface area contributed by atoms with Gasteiger partial charge in [-0.2, -0.15) is 10.1 Å². The van der Waals surface area contributed by atoms with Gasteiger partial charge in [-0.3, -0.25) is 9.48 Å². The molecule has 136 valence electrons. The second-order valence-corrected chi connectivity index (χ2v) is 6.86. The van der Waals surface area contributed by atoms with E-state index in [1.807, 2.05) is 12.1 Å². The molecule has 0 radical (unpaired) electrons. The molecule has 0 unspecified atom stereocenters. The van der Waals surface area contributed by atoms with Gasteiger partial charge in [-0.15, -0.1) is 11.3 Å². The smallest absolute Gasteiger partial charge is 0.265 e. The van der Waals surface area contributed by atoms with Crippen molar-refractivity contribution in [3.8, 4) is 22.1 Å². The first-order chi connectivity index (χ1) is 13.0. The molecule has 0 bridgehead atoms. The van der Waals surface area contributed by atoms with Gasteiger partial charge < -0.3 is 9.84 Å². The fraction of sp³-hybridized carbons (Fsp3) is 0.111. The molecule has 0 spiro atoms. The molecule has 1 N–H and O–H groups in total. The van der Waals surface area contributed by atoms with E-state index in [2.05, 4.69) is 20.6 Å². The first-order valence-corrected chi connectivity index (χ1v) is 8.84. The van der Waals surface area contributed by atoms with Gasteiger partial charge in [-0.1, -0.05) is 17.3 Å². The molecule has 4 aromatic rings. The van der Waals surface area contributed by atoms with Gasteiger partial charge in [0, 0.05) is 14.0 Å². The van der Waals surface area contributed by atoms with Crippen LogP contribution in [0, 0.1) is 12.7 Å².